The number of carbonyl (C=O) groups is 1. The number of likely N-dealkylation sites (tertiary alicyclic amines) is 1. The number of carbonyl (C=O) groups excluding carboxylic acids is 1. The van der Waals surface area contributed by atoms with Crippen LogP contribution >= 0.6 is 0 Å². The largest absolute Gasteiger partial charge is 0.298 e. The minimum absolute atomic E-state index is 0.335. The second-order valence-electron chi connectivity index (χ2n) is 4.92. The van der Waals surface area contributed by atoms with Gasteiger partial charge in [0.2, 0.25) is 0 Å². The molecule has 1 aliphatic heterocycles. The van der Waals surface area contributed by atoms with Crippen molar-refractivity contribution in [1.29, 1.82) is 0 Å². The molecule has 2 rings (SSSR count). The Morgan fingerprint density at radius 1 is 1.47 bits per heavy atom. The Morgan fingerprint density at radius 2 is 2.21 bits per heavy atom. The summed E-state index contributed by atoms with van der Waals surface area (Å²) in [6, 6.07) is 0.433. The van der Waals surface area contributed by atoms with Crippen LogP contribution in [0.3, 0.4) is 0 Å². The predicted molar refractivity (Wildman–Crippen MR) is 78.3 cm³/mol. The van der Waals surface area contributed by atoms with E-state index in [0.29, 0.717) is 24.8 Å². The van der Waals surface area contributed by atoms with Crippen molar-refractivity contribution in [2.24, 2.45) is 0 Å². The van der Waals surface area contributed by atoms with E-state index in [9.17, 15) is 4.79 Å². The molecule has 0 radical (unpaired) electrons. The van der Waals surface area contributed by atoms with E-state index < -0.39 is 0 Å². The topological polar surface area (TPSA) is 38.1 Å². The Labute approximate surface area is 116 Å². The molecule has 0 bridgehead atoms. The minimum Gasteiger partial charge on any atom is -0.298 e. The number of rotatable bonds is 4. The molecule has 4 nitrogen and oxygen atoms in total. The Bertz CT molecular complexity index is 386. The van der Waals surface area contributed by atoms with Gasteiger partial charge in [-0.15, -0.1) is 0 Å². The van der Waals surface area contributed by atoms with Gasteiger partial charge in [-0.2, -0.15) is 5.10 Å². The maximum atomic E-state index is 11.5. The van der Waals surface area contributed by atoms with Gasteiger partial charge in [-0.3, -0.25) is 14.4 Å². The van der Waals surface area contributed by atoms with Crippen molar-refractivity contribution in [3.63, 3.8) is 0 Å². The summed E-state index contributed by atoms with van der Waals surface area (Å²) < 4.78 is 2.05. The summed E-state index contributed by atoms with van der Waals surface area (Å²) in [4.78, 5) is 13.7. The second-order valence-corrected chi connectivity index (χ2v) is 4.92. The second kappa shape index (κ2) is 8.10. The van der Waals surface area contributed by atoms with E-state index in [0.717, 1.165) is 25.9 Å². The maximum absolute atomic E-state index is 11.5. The van der Waals surface area contributed by atoms with Gasteiger partial charge in [0.25, 0.3) is 0 Å². The minimum atomic E-state index is 0.335. The summed E-state index contributed by atoms with van der Waals surface area (Å²) in [5.41, 5.74) is 1.20. The summed E-state index contributed by atoms with van der Waals surface area (Å²) in [5, 5.41) is 4.38. The first kappa shape index (κ1) is 15.9. The third kappa shape index (κ3) is 4.78. The summed E-state index contributed by atoms with van der Waals surface area (Å²) >= 11 is 0. The summed E-state index contributed by atoms with van der Waals surface area (Å²) in [5.74, 6) is 0.335. The maximum Gasteiger partial charge on any atom is 0.146 e. The molecule has 19 heavy (non-hydrogen) atoms. The molecule has 0 saturated carbocycles. The monoisotopic (exact) mass is 265 g/mol. The van der Waals surface area contributed by atoms with E-state index >= 15 is 0 Å². The number of piperidine rings is 1. The quantitative estimate of drug-likeness (QED) is 0.840. The molecule has 0 spiro atoms. The molecule has 0 aromatic carbocycles. The van der Waals surface area contributed by atoms with Gasteiger partial charge in [-0.05, 0) is 31.9 Å². The Balaban J connectivity index is 0.000000861. The molecule has 2 heterocycles. The first-order valence-electron chi connectivity index (χ1n) is 7.44. The van der Waals surface area contributed by atoms with Crippen molar-refractivity contribution in [1.82, 2.24) is 14.7 Å². The molecule has 1 saturated heterocycles. The van der Waals surface area contributed by atoms with Gasteiger partial charge in [0.1, 0.15) is 5.78 Å². The summed E-state index contributed by atoms with van der Waals surface area (Å²) in [6.07, 6.45) is 6.95. The van der Waals surface area contributed by atoms with E-state index in [1.807, 2.05) is 27.0 Å². The number of nitrogens with zero attached hydrogens (tertiary/aromatic N) is 3. The Morgan fingerprint density at radius 3 is 2.79 bits per heavy atom. The highest BCUT2D eigenvalue weighted by Gasteiger charge is 2.22. The first-order valence-corrected chi connectivity index (χ1v) is 7.44. The molecule has 0 amide bonds. The molecular weight excluding hydrogens is 238 g/mol. The molecular formula is C15H27N3O. The molecule has 4 heteroatoms. The van der Waals surface area contributed by atoms with Gasteiger partial charge in [0.05, 0.1) is 18.8 Å². The van der Waals surface area contributed by atoms with E-state index in [2.05, 4.69) is 27.8 Å². The number of hydrogen-bond donors (Lipinski definition) is 0. The highest BCUT2D eigenvalue weighted by molar-refractivity contribution is 5.80. The van der Waals surface area contributed by atoms with Crippen molar-refractivity contribution in [2.45, 2.75) is 53.0 Å². The molecule has 1 aliphatic rings. The number of aromatic nitrogens is 2. The Hall–Kier alpha value is -1.16. The third-order valence-corrected chi connectivity index (χ3v) is 3.38. The zero-order valence-corrected chi connectivity index (χ0v) is 12.7. The lowest BCUT2D eigenvalue weighted by molar-refractivity contribution is -0.120. The standard InChI is InChI=1S/C13H21N3O.C2H6/c1-3-13(17)10-15-6-4-5-12(9-15)16-8-11(2)7-14-16;1-2/h7-8,12H,3-6,9-10H2,1-2H3;1-2H3. The lowest BCUT2D eigenvalue weighted by atomic mass is 10.1. The molecule has 0 N–H and O–H groups in total. The smallest absolute Gasteiger partial charge is 0.146 e. The fourth-order valence-corrected chi connectivity index (χ4v) is 2.38. The third-order valence-electron chi connectivity index (χ3n) is 3.38. The van der Waals surface area contributed by atoms with Crippen LogP contribution in [0.25, 0.3) is 0 Å². The van der Waals surface area contributed by atoms with Gasteiger partial charge in [0.15, 0.2) is 0 Å². The fourth-order valence-electron chi connectivity index (χ4n) is 2.38. The van der Waals surface area contributed by atoms with Crippen LogP contribution in [0.1, 0.15) is 51.6 Å². The lowest BCUT2D eigenvalue weighted by Gasteiger charge is -2.32. The van der Waals surface area contributed by atoms with Crippen molar-refractivity contribution in [3.8, 4) is 0 Å². The van der Waals surface area contributed by atoms with Gasteiger partial charge in [-0.25, -0.2) is 0 Å². The summed E-state index contributed by atoms with van der Waals surface area (Å²) in [6.45, 7) is 10.6. The van der Waals surface area contributed by atoms with Crippen molar-refractivity contribution in [3.05, 3.63) is 18.0 Å². The number of aryl methyl sites for hydroxylation is 1. The molecule has 1 fully saturated rings. The van der Waals surface area contributed by atoms with Crippen LogP contribution in [-0.2, 0) is 4.79 Å². The van der Waals surface area contributed by atoms with E-state index in [1.54, 1.807) is 0 Å². The molecule has 0 aliphatic carbocycles. The van der Waals surface area contributed by atoms with Crippen LogP contribution in [0.15, 0.2) is 12.4 Å². The molecule has 108 valence electrons. The normalized spacial score (nSPS) is 19.7. The van der Waals surface area contributed by atoms with Crippen LogP contribution in [0.2, 0.25) is 0 Å². The van der Waals surface area contributed by atoms with Crippen LogP contribution in [0, 0.1) is 6.92 Å². The van der Waals surface area contributed by atoms with Crippen LogP contribution in [0.4, 0.5) is 0 Å². The molecule has 1 aromatic heterocycles. The highest BCUT2D eigenvalue weighted by Crippen LogP contribution is 2.20. The predicted octanol–water partition coefficient (Wildman–Crippen LogP) is 2.83. The van der Waals surface area contributed by atoms with Gasteiger partial charge >= 0.3 is 0 Å². The number of hydrogen-bond acceptors (Lipinski definition) is 3. The van der Waals surface area contributed by atoms with Crippen molar-refractivity contribution in [2.75, 3.05) is 19.6 Å². The molecule has 1 aromatic rings. The molecule has 1 atom stereocenters. The van der Waals surface area contributed by atoms with Crippen LogP contribution < -0.4 is 0 Å². The van der Waals surface area contributed by atoms with Gasteiger partial charge < -0.3 is 0 Å². The van der Waals surface area contributed by atoms with Crippen LogP contribution in [0.5, 0.6) is 0 Å². The average Bonchev–Trinajstić information content (AvgIpc) is 2.88. The van der Waals surface area contributed by atoms with Gasteiger partial charge in [0, 0.05) is 19.2 Å². The van der Waals surface area contributed by atoms with E-state index in [-0.39, 0.29) is 0 Å². The lowest BCUT2D eigenvalue weighted by Crippen LogP contribution is -2.39. The number of ketones is 1. The van der Waals surface area contributed by atoms with Gasteiger partial charge in [-0.1, -0.05) is 20.8 Å². The van der Waals surface area contributed by atoms with Crippen LogP contribution in [-0.4, -0.2) is 40.1 Å². The zero-order chi connectivity index (χ0) is 14.3. The summed E-state index contributed by atoms with van der Waals surface area (Å²) in [7, 11) is 0. The fraction of sp³-hybridized carbons (Fsp3) is 0.733. The van der Waals surface area contributed by atoms with Crippen molar-refractivity contribution < 1.29 is 4.79 Å². The van der Waals surface area contributed by atoms with E-state index in [4.69, 9.17) is 0 Å². The number of Topliss-reactive ketones (excluding diaryl/α,β-unsaturated/α-hetero) is 1. The Kier molecular flexibility index (Phi) is 6.78. The first-order chi connectivity index (χ1) is 9.19. The highest BCUT2D eigenvalue weighted by atomic mass is 16.1. The SMILES string of the molecule is CC.CCC(=O)CN1CCCC(n2cc(C)cn2)C1. The van der Waals surface area contributed by atoms with E-state index in [1.165, 1.54) is 5.56 Å². The zero-order valence-electron chi connectivity index (χ0n) is 12.7. The molecule has 1 unspecified atom stereocenters. The average molecular weight is 265 g/mol. The van der Waals surface area contributed by atoms with Crippen molar-refractivity contribution >= 4 is 5.78 Å².